The molecule has 0 aliphatic heterocycles. The summed E-state index contributed by atoms with van der Waals surface area (Å²) in [7, 11) is 0. The molecule has 0 fully saturated rings. The SMILES string of the molecule is CCCC.Cc1ccc(N)c(N)c1. The number of hydrogen-bond acceptors (Lipinski definition) is 2. The predicted octanol–water partition coefficient (Wildman–Crippen LogP) is 2.97. The molecular formula is C11H20N2. The minimum atomic E-state index is 0.653. The van der Waals surface area contributed by atoms with Crippen molar-refractivity contribution in [2.45, 2.75) is 33.6 Å². The first-order valence-corrected chi connectivity index (χ1v) is 4.73. The maximum Gasteiger partial charge on any atom is 0.0550 e. The molecule has 0 aliphatic carbocycles. The molecule has 0 heterocycles. The van der Waals surface area contributed by atoms with Crippen LogP contribution in [-0.2, 0) is 0 Å². The molecule has 0 aliphatic rings. The molecule has 0 bridgehead atoms. The highest BCUT2D eigenvalue weighted by molar-refractivity contribution is 5.63. The van der Waals surface area contributed by atoms with Crippen molar-refractivity contribution < 1.29 is 0 Å². The van der Waals surface area contributed by atoms with Gasteiger partial charge in [-0.05, 0) is 24.6 Å². The first-order valence-electron chi connectivity index (χ1n) is 4.73. The third-order valence-corrected chi connectivity index (χ3v) is 1.74. The lowest BCUT2D eigenvalue weighted by atomic mass is 10.2. The monoisotopic (exact) mass is 180 g/mol. The summed E-state index contributed by atoms with van der Waals surface area (Å²) in [6.45, 7) is 6.34. The molecular weight excluding hydrogens is 160 g/mol. The topological polar surface area (TPSA) is 52.0 Å². The van der Waals surface area contributed by atoms with Crippen LogP contribution in [0.1, 0.15) is 32.3 Å². The van der Waals surface area contributed by atoms with E-state index in [1.807, 2.05) is 25.1 Å². The summed E-state index contributed by atoms with van der Waals surface area (Å²) in [5.74, 6) is 0. The third-order valence-electron chi connectivity index (χ3n) is 1.74. The Balaban J connectivity index is 0.000000310. The maximum atomic E-state index is 5.50. The van der Waals surface area contributed by atoms with E-state index in [2.05, 4.69) is 13.8 Å². The van der Waals surface area contributed by atoms with Crippen molar-refractivity contribution in [1.29, 1.82) is 0 Å². The Labute approximate surface area is 80.9 Å². The van der Waals surface area contributed by atoms with E-state index >= 15 is 0 Å². The van der Waals surface area contributed by atoms with Crippen LogP contribution in [0.3, 0.4) is 0 Å². The summed E-state index contributed by atoms with van der Waals surface area (Å²) in [6, 6.07) is 5.60. The molecule has 0 atom stereocenters. The van der Waals surface area contributed by atoms with Crippen LogP contribution in [0.2, 0.25) is 0 Å². The number of nitrogen functional groups attached to an aromatic ring is 2. The molecule has 2 heteroatoms. The van der Waals surface area contributed by atoms with Crippen LogP contribution in [0.15, 0.2) is 18.2 Å². The lowest BCUT2D eigenvalue weighted by Crippen LogP contribution is -1.93. The van der Waals surface area contributed by atoms with Crippen LogP contribution >= 0.6 is 0 Å². The van der Waals surface area contributed by atoms with Crippen LogP contribution in [-0.4, -0.2) is 0 Å². The van der Waals surface area contributed by atoms with E-state index in [1.165, 1.54) is 12.8 Å². The van der Waals surface area contributed by atoms with Crippen molar-refractivity contribution in [3.8, 4) is 0 Å². The van der Waals surface area contributed by atoms with Gasteiger partial charge in [0.05, 0.1) is 11.4 Å². The van der Waals surface area contributed by atoms with Crippen molar-refractivity contribution in [2.75, 3.05) is 11.5 Å². The van der Waals surface area contributed by atoms with Crippen molar-refractivity contribution in [1.82, 2.24) is 0 Å². The average molecular weight is 180 g/mol. The first-order chi connectivity index (χ1) is 6.11. The van der Waals surface area contributed by atoms with E-state index in [0.29, 0.717) is 11.4 Å². The molecule has 1 aromatic rings. The van der Waals surface area contributed by atoms with Gasteiger partial charge in [-0.3, -0.25) is 0 Å². The Morgan fingerprint density at radius 3 is 1.85 bits per heavy atom. The summed E-state index contributed by atoms with van der Waals surface area (Å²) < 4.78 is 0. The van der Waals surface area contributed by atoms with E-state index in [-0.39, 0.29) is 0 Å². The summed E-state index contributed by atoms with van der Waals surface area (Å²) in [5, 5.41) is 0. The van der Waals surface area contributed by atoms with Crippen molar-refractivity contribution in [3.63, 3.8) is 0 Å². The number of anilines is 2. The van der Waals surface area contributed by atoms with Gasteiger partial charge in [-0.15, -0.1) is 0 Å². The second-order valence-electron chi connectivity index (χ2n) is 3.13. The molecule has 0 amide bonds. The number of benzene rings is 1. The van der Waals surface area contributed by atoms with Gasteiger partial charge in [-0.25, -0.2) is 0 Å². The van der Waals surface area contributed by atoms with Gasteiger partial charge in [0.15, 0.2) is 0 Å². The zero-order valence-electron chi connectivity index (χ0n) is 8.80. The van der Waals surface area contributed by atoms with Gasteiger partial charge in [0, 0.05) is 0 Å². The van der Waals surface area contributed by atoms with Crippen molar-refractivity contribution >= 4 is 11.4 Å². The molecule has 13 heavy (non-hydrogen) atoms. The van der Waals surface area contributed by atoms with E-state index in [0.717, 1.165) is 5.56 Å². The second kappa shape index (κ2) is 6.35. The highest BCUT2D eigenvalue weighted by Gasteiger charge is 1.90. The molecule has 0 unspecified atom stereocenters. The molecule has 0 aromatic heterocycles. The average Bonchev–Trinajstić information content (AvgIpc) is 2.12. The zero-order valence-corrected chi connectivity index (χ0v) is 8.80. The zero-order chi connectivity index (χ0) is 10.3. The van der Waals surface area contributed by atoms with Gasteiger partial charge in [0.1, 0.15) is 0 Å². The summed E-state index contributed by atoms with van der Waals surface area (Å²) in [5.41, 5.74) is 13.4. The van der Waals surface area contributed by atoms with Gasteiger partial charge in [-0.2, -0.15) is 0 Å². The number of hydrogen-bond donors (Lipinski definition) is 2. The Hall–Kier alpha value is -1.18. The molecule has 0 radical (unpaired) electrons. The number of nitrogens with two attached hydrogens (primary N) is 2. The van der Waals surface area contributed by atoms with Crippen LogP contribution in [0.25, 0.3) is 0 Å². The molecule has 1 rings (SSSR count). The quantitative estimate of drug-likeness (QED) is 0.653. The molecule has 0 spiro atoms. The Kier molecular flexibility index (Phi) is 5.77. The van der Waals surface area contributed by atoms with Crippen LogP contribution in [0.4, 0.5) is 11.4 Å². The van der Waals surface area contributed by atoms with Gasteiger partial charge >= 0.3 is 0 Å². The van der Waals surface area contributed by atoms with Crippen LogP contribution < -0.4 is 11.5 Å². The predicted molar refractivity (Wildman–Crippen MR) is 60.6 cm³/mol. The van der Waals surface area contributed by atoms with Crippen molar-refractivity contribution in [2.24, 2.45) is 0 Å². The summed E-state index contributed by atoms with van der Waals surface area (Å²) >= 11 is 0. The standard InChI is InChI=1S/C7H10N2.C4H10/c1-5-2-3-6(8)7(9)4-5;1-3-4-2/h2-4H,8-9H2,1H3;3-4H2,1-2H3. The minimum Gasteiger partial charge on any atom is -0.397 e. The van der Waals surface area contributed by atoms with Gasteiger partial charge in [0.2, 0.25) is 0 Å². The number of unbranched alkanes of at least 4 members (excludes halogenated alkanes) is 1. The molecule has 0 saturated carbocycles. The minimum absolute atomic E-state index is 0.653. The summed E-state index contributed by atoms with van der Waals surface area (Å²) in [6.07, 6.45) is 2.64. The molecule has 0 saturated heterocycles. The van der Waals surface area contributed by atoms with E-state index < -0.39 is 0 Å². The fraction of sp³-hybridized carbons (Fsp3) is 0.455. The molecule has 1 aromatic carbocycles. The highest BCUT2D eigenvalue weighted by Crippen LogP contribution is 2.14. The lowest BCUT2D eigenvalue weighted by molar-refractivity contribution is 0.886. The fourth-order valence-corrected chi connectivity index (χ4v) is 0.694. The highest BCUT2D eigenvalue weighted by atomic mass is 14.7. The Bertz CT molecular complexity index is 242. The first kappa shape index (κ1) is 11.8. The third kappa shape index (κ3) is 5.12. The van der Waals surface area contributed by atoms with E-state index in [9.17, 15) is 0 Å². The Morgan fingerprint density at radius 1 is 1.00 bits per heavy atom. The smallest absolute Gasteiger partial charge is 0.0550 e. The second-order valence-corrected chi connectivity index (χ2v) is 3.13. The van der Waals surface area contributed by atoms with Gasteiger partial charge in [-0.1, -0.05) is 32.8 Å². The normalized spacial score (nSPS) is 8.85. The lowest BCUT2D eigenvalue weighted by Gasteiger charge is -1.98. The molecule has 4 N–H and O–H groups in total. The summed E-state index contributed by atoms with van der Waals surface area (Å²) in [4.78, 5) is 0. The number of rotatable bonds is 1. The van der Waals surface area contributed by atoms with E-state index in [1.54, 1.807) is 0 Å². The van der Waals surface area contributed by atoms with E-state index in [4.69, 9.17) is 11.5 Å². The van der Waals surface area contributed by atoms with Crippen LogP contribution in [0.5, 0.6) is 0 Å². The largest absolute Gasteiger partial charge is 0.397 e. The van der Waals surface area contributed by atoms with Gasteiger partial charge < -0.3 is 11.5 Å². The van der Waals surface area contributed by atoms with Crippen molar-refractivity contribution in [3.05, 3.63) is 23.8 Å². The maximum absolute atomic E-state index is 5.50. The molecule has 74 valence electrons. The van der Waals surface area contributed by atoms with Gasteiger partial charge in [0.25, 0.3) is 0 Å². The molecule has 2 nitrogen and oxygen atoms in total. The number of aryl methyl sites for hydroxylation is 1. The Morgan fingerprint density at radius 2 is 1.54 bits per heavy atom. The van der Waals surface area contributed by atoms with Crippen LogP contribution in [0, 0.1) is 6.92 Å². The fourth-order valence-electron chi connectivity index (χ4n) is 0.694.